The quantitative estimate of drug-likeness (QED) is 0.889. The van der Waals surface area contributed by atoms with Crippen molar-refractivity contribution in [1.82, 2.24) is 0 Å². The summed E-state index contributed by atoms with van der Waals surface area (Å²) in [5, 5.41) is 3.71. The smallest absolute Gasteiger partial charge is 0.244 e. The van der Waals surface area contributed by atoms with Gasteiger partial charge in [0.15, 0.2) is 0 Å². The Hall–Kier alpha value is -0.770. The predicted molar refractivity (Wildman–Crippen MR) is 70.4 cm³/mol. The lowest BCUT2D eigenvalue weighted by molar-refractivity contribution is -0.121. The van der Waals surface area contributed by atoms with E-state index in [0.29, 0.717) is 15.7 Å². The highest BCUT2D eigenvalue weighted by Gasteiger charge is 2.44. The number of benzene rings is 1. The van der Waals surface area contributed by atoms with Crippen LogP contribution in [0.4, 0.5) is 5.69 Å². The predicted octanol–water partition coefficient (Wildman–Crippen LogP) is 3.06. The Kier molecular flexibility index (Phi) is 3.34. The molecule has 0 aromatic heterocycles. The van der Waals surface area contributed by atoms with Crippen LogP contribution in [0.2, 0.25) is 10.0 Å². The topological polar surface area (TPSA) is 55.1 Å². The van der Waals surface area contributed by atoms with Crippen molar-refractivity contribution in [1.29, 1.82) is 0 Å². The van der Waals surface area contributed by atoms with Crippen LogP contribution in [0.25, 0.3) is 0 Å². The molecule has 5 heteroatoms. The summed E-state index contributed by atoms with van der Waals surface area (Å²) >= 11 is 11.8. The summed E-state index contributed by atoms with van der Waals surface area (Å²) in [5.41, 5.74) is 5.67. The Morgan fingerprint density at radius 1 is 1.47 bits per heavy atom. The van der Waals surface area contributed by atoms with Gasteiger partial charge in [-0.05, 0) is 43.9 Å². The van der Waals surface area contributed by atoms with Crippen molar-refractivity contribution in [2.24, 2.45) is 11.7 Å². The molecule has 3 N–H and O–H groups in total. The van der Waals surface area contributed by atoms with Gasteiger partial charge < -0.3 is 11.1 Å². The Morgan fingerprint density at radius 3 is 2.71 bits per heavy atom. The van der Waals surface area contributed by atoms with E-state index in [1.165, 1.54) is 0 Å². The average molecular weight is 273 g/mol. The second kappa shape index (κ2) is 4.48. The van der Waals surface area contributed by atoms with Crippen LogP contribution in [-0.4, -0.2) is 11.4 Å². The van der Waals surface area contributed by atoms with Gasteiger partial charge in [-0.2, -0.15) is 0 Å². The third kappa shape index (κ3) is 2.73. The molecule has 1 aliphatic rings. The molecule has 0 aliphatic heterocycles. The maximum absolute atomic E-state index is 12.0. The van der Waals surface area contributed by atoms with Crippen LogP contribution in [0, 0.1) is 5.92 Å². The van der Waals surface area contributed by atoms with Crippen molar-refractivity contribution < 1.29 is 4.79 Å². The van der Waals surface area contributed by atoms with E-state index in [1.807, 2.05) is 0 Å². The second-order valence-electron chi connectivity index (χ2n) is 4.64. The summed E-state index contributed by atoms with van der Waals surface area (Å²) in [6, 6.07) is 4.93. The molecular weight excluding hydrogens is 259 g/mol. The number of hydrogen-bond donors (Lipinski definition) is 2. The van der Waals surface area contributed by atoms with Gasteiger partial charge in [-0.25, -0.2) is 0 Å². The van der Waals surface area contributed by atoms with E-state index in [0.717, 1.165) is 12.8 Å². The molecule has 1 aliphatic carbocycles. The van der Waals surface area contributed by atoms with E-state index in [-0.39, 0.29) is 11.8 Å². The van der Waals surface area contributed by atoms with E-state index in [2.05, 4.69) is 5.32 Å². The number of amides is 1. The summed E-state index contributed by atoms with van der Waals surface area (Å²) in [6.07, 6.45) is 2.01. The first-order valence-corrected chi connectivity index (χ1v) is 6.22. The normalized spacial score (nSPS) is 18.6. The van der Waals surface area contributed by atoms with Crippen LogP contribution in [0.1, 0.15) is 19.8 Å². The van der Waals surface area contributed by atoms with Crippen molar-refractivity contribution in [2.45, 2.75) is 25.3 Å². The highest BCUT2D eigenvalue weighted by molar-refractivity contribution is 6.35. The van der Waals surface area contributed by atoms with Crippen molar-refractivity contribution in [3.8, 4) is 0 Å². The monoisotopic (exact) mass is 272 g/mol. The maximum atomic E-state index is 12.0. The maximum Gasteiger partial charge on any atom is 0.244 e. The number of anilines is 1. The Labute approximate surface area is 110 Å². The zero-order valence-corrected chi connectivity index (χ0v) is 11.0. The van der Waals surface area contributed by atoms with Crippen molar-refractivity contribution in [3.05, 3.63) is 28.2 Å². The molecule has 0 saturated heterocycles. The first-order valence-electron chi connectivity index (χ1n) is 5.46. The number of hydrogen-bond acceptors (Lipinski definition) is 2. The van der Waals surface area contributed by atoms with Crippen LogP contribution in [0.5, 0.6) is 0 Å². The Morgan fingerprint density at radius 2 is 2.12 bits per heavy atom. The van der Waals surface area contributed by atoms with Crippen LogP contribution < -0.4 is 11.1 Å². The van der Waals surface area contributed by atoms with Gasteiger partial charge >= 0.3 is 0 Å². The molecule has 1 fully saturated rings. The summed E-state index contributed by atoms with van der Waals surface area (Å²) in [7, 11) is 0. The fourth-order valence-electron chi connectivity index (χ4n) is 1.72. The molecule has 92 valence electrons. The molecule has 1 amide bonds. The molecule has 1 saturated carbocycles. The van der Waals surface area contributed by atoms with Crippen LogP contribution in [-0.2, 0) is 4.79 Å². The molecule has 0 bridgehead atoms. The summed E-state index contributed by atoms with van der Waals surface area (Å²) in [5.74, 6) is 0.0460. The van der Waals surface area contributed by atoms with Gasteiger partial charge in [0, 0.05) is 5.02 Å². The third-order valence-corrected chi connectivity index (χ3v) is 3.66. The first-order chi connectivity index (χ1) is 7.91. The zero-order valence-electron chi connectivity index (χ0n) is 9.47. The van der Waals surface area contributed by atoms with Crippen molar-refractivity contribution >= 4 is 34.8 Å². The molecule has 1 unspecified atom stereocenters. The lowest BCUT2D eigenvalue weighted by atomic mass is 9.96. The Balaban J connectivity index is 2.15. The van der Waals surface area contributed by atoms with Crippen LogP contribution in [0.3, 0.4) is 0 Å². The van der Waals surface area contributed by atoms with Gasteiger partial charge in [0.2, 0.25) is 5.91 Å². The number of carbonyl (C=O) groups is 1. The standard InChI is InChI=1S/C12H14Cl2N2O/c1-12(15,7-2-3-7)11(17)16-10-6-8(13)4-5-9(10)14/h4-7H,2-3,15H2,1H3,(H,16,17). The molecule has 2 rings (SSSR count). The summed E-state index contributed by atoms with van der Waals surface area (Å²) in [6.45, 7) is 1.75. The lowest BCUT2D eigenvalue weighted by Crippen LogP contribution is -2.50. The summed E-state index contributed by atoms with van der Waals surface area (Å²) < 4.78 is 0. The van der Waals surface area contributed by atoms with Crippen molar-refractivity contribution in [3.63, 3.8) is 0 Å². The molecule has 1 atom stereocenters. The van der Waals surface area contributed by atoms with Gasteiger partial charge in [0.05, 0.1) is 16.2 Å². The van der Waals surface area contributed by atoms with Gasteiger partial charge in [0.1, 0.15) is 0 Å². The molecule has 0 heterocycles. The minimum absolute atomic E-state index is 0.218. The molecular formula is C12H14Cl2N2O. The summed E-state index contributed by atoms with van der Waals surface area (Å²) in [4.78, 5) is 12.0. The van der Waals surface area contributed by atoms with Crippen LogP contribution >= 0.6 is 23.2 Å². The minimum atomic E-state index is -0.842. The molecule has 3 nitrogen and oxygen atoms in total. The van der Waals surface area contributed by atoms with Gasteiger partial charge in [-0.15, -0.1) is 0 Å². The SMILES string of the molecule is CC(N)(C(=O)Nc1cc(Cl)ccc1Cl)C1CC1. The van der Waals surface area contributed by atoms with E-state index in [4.69, 9.17) is 28.9 Å². The number of nitrogens with one attached hydrogen (secondary N) is 1. The van der Waals surface area contributed by atoms with Crippen LogP contribution in [0.15, 0.2) is 18.2 Å². The number of carbonyl (C=O) groups excluding carboxylic acids is 1. The first kappa shape index (κ1) is 12.7. The highest BCUT2D eigenvalue weighted by atomic mass is 35.5. The fourth-order valence-corrected chi connectivity index (χ4v) is 2.06. The molecule has 0 radical (unpaired) electrons. The van der Waals surface area contributed by atoms with E-state index < -0.39 is 5.54 Å². The lowest BCUT2D eigenvalue weighted by Gasteiger charge is -2.23. The van der Waals surface area contributed by atoms with E-state index >= 15 is 0 Å². The number of nitrogens with two attached hydrogens (primary N) is 1. The van der Waals surface area contributed by atoms with Gasteiger partial charge in [0.25, 0.3) is 0 Å². The molecule has 0 spiro atoms. The molecule has 1 aromatic rings. The number of rotatable bonds is 3. The fraction of sp³-hybridized carbons (Fsp3) is 0.417. The average Bonchev–Trinajstić information content (AvgIpc) is 3.07. The largest absolute Gasteiger partial charge is 0.323 e. The third-order valence-electron chi connectivity index (χ3n) is 3.09. The minimum Gasteiger partial charge on any atom is -0.323 e. The highest BCUT2D eigenvalue weighted by Crippen LogP contribution is 2.39. The van der Waals surface area contributed by atoms with E-state index in [1.54, 1.807) is 25.1 Å². The second-order valence-corrected chi connectivity index (χ2v) is 5.48. The van der Waals surface area contributed by atoms with Crippen molar-refractivity contribution in [2.75, 3.05) is 5.32 Å². The zero-order chi connectivity index (χ0) is 12.6. The van der Waals surface area contributed by atoms with Gasteiger partial charge in [-0.3, -0.25) is 4.79 Å². The molecule has 1 aromatic carbocycles. The van der Waals surface area contributed by atoms with Gasteiger partial charge in [-0.1, -0.05) is 23.2 Å². The molecule has 17 heavy (non-hydrogen) atoms. The van der Waals surface area contributed by atoms with E-state index in [9.17, 15) is 4.79 Å². The Bertz CT molecular complexity index is 456. The number of halogens is 2.